The van der Waals surface area contributed by atoms with Gasteiger partial charge in [-0.2, -0.15) is 0 Å². The summed E-state index contributed by atoms with van der Waals surface area (Å²) in [5.41, 5.74) is 1.45. The summed E-state index contributed by atoms with van der Waals surface area (Å²) in [7, 11) is 0. The number of carbonyl (C=O) groups is 3. The van der Waals surface area contributed by atoms with E-state index in [-0.39, 0.29) is 17.9 Å². The largest absolute Gasteiger partial charge is 0.324 e. The van der Waals surface area contributed by atoms with Gasteiger partial charge in [0, 0.05) is 16.0 Å². The number of para-hydroxylation sites is 1. The minimum atomic E-state index is -0.958. The third-order valence-corrected chi connectivity index (χ3v) is 7.30. The van der Waals surface area contributed by atoms with Crippen LogP contribution in [0, 0.1) is 11.6 Å². The summed E-state index contributed by atoms with van der Waals surface area (Å²) in [5.74, 6) is -3.41. The molecule has 1 aliphatic heterocycles. The topological polar surface area (TPSA) is 87.3 Å². The maximum atomic E-state index is 13.4. The highest BCUT2D eigenvalue weighted by Crippen LogP contribution is 2.45. The van der Waals surface area contributed by atoms with Crippen LogP contribution in [0.4, 0.5) is 14.5 Å². The molecule has 4 rings (SSSR count). The summed E-state index contributed by atoms with van der Waals surface area (Å²) >= 11 is 7.90. The van der Waals surface area contributed by atoms with E-state index >= 15 is 0 Å². The van der Waals surface area contributed by atoms with Crippen LogP contribution < -0.4 is 16.0 Å². The highest BCUT2D eigenvalue weighted by atomic mass is 35.5. The zero-order valence-corrected chi connectivity index (χ0v) is 20.6. The Morgan fingerprint density at radius 3 is 2.44 bits per heavy atom. The average molecular weight is 530 g/mol. The van der Waals surface area contributed by atoms with Crippen LogP contribution in [0.15, 0.2) is 71.6 Å². The van der Waals surface area contributed by atoms with Crippen LogP contribution in [0.2, 0.25) is 5.02 Å². The van der Waals surface area contributed by atoms with E-state index < -0.39 is 40.8 Å². The van der Waals surface area contributed by atoms with Gasteiger partial charge in [0.2, 0.25) is 17.7 Å². The van der Waals surface area contributed by atoms with Crippen LogP contribution in [0.3, 0.4) is 0 Å². The van der Waals surface area contributed by atoms with Crippen LogP contribution in [-0.2, 0) is 20.8 Å². The van der Waals surface area contributed by atoms with E-state index in [9.17, 15) is 23.2 Å². The van der Waals surface area contributed by atoms with Crippen LogP contribution in [0.5, 0.6) is 0 Å². The second-order valence-corrected chi connectivity index (χ2v) is 9.87. The highest BCUT2D eigenvalue weighted by Gasteiger charge is 2.37. The number of imide groups is 1. The molecule has 1 heterocycles. The lowest BCUT2D eigenvalue weighted by molar-refractivity contribution is -0.131. The molecule has 0 aromatic heterocycles. The quantitative estimate of drug-likeness (QED) is 0.433. The number of carbonyl (C=O) groups excluding carboxylic acids is 3. The standard InChI is InChI=1S/C26H22ClF2N3O3S/c1-14(25(34)32-22(33)12-15-10-16(28)13-17(29)11-15)30-23-24(18-6-2-3-7-19(18)27)36-21-9-5-4-8-20(21)31-26(23)35/h2-11,13-14,23-24,30H,12H2,1H3,(H,31,35)(H,32,33,34)/t14-,23-,24+/m0/s1. The molecule has 0 fully saturated rings. The Bertz CT molecular complexity index is 1300. The first-order valence-electron chi connectivity index (χ1n) is 11.1. The van der Waals surface area contributed by atoms with Crippen LogP contribution in [0.1, 0.15) is 23.3 Å². The van der Waals surface area contributed by atoms with Crippen molar-refractivity contribution in [2.24, 2.45) is 0 Å². The highest BCUT2D eigenvalue weighted by molar-refractivity contribution is 7.99. The summed E-state index contributed by atoms with van der Waals surface area (Å²) in [6, 6.07) is 15.4. The minimum Gasteiger partial charge on any atom is -0.324 e. The maximum absolute atomic E-state index is 13.4. The van der Waals surface area contributed by atoms with Gasteiger partial charge in [0.05, 0.1) is 23.4 Å². The first-order valence-corrected chi connectivity index (χ1v) is 12.3. The molecule has 0 saturated heterocycles. The Hall–Kier alpha value is -3.27. The van der Waals surface area contributed by atoms with E-state index in [0.717, 1.165) is 17.0 Å². The van der Waals surface area contributed by atoms with Gasteiger partial charge >= 0.3 is 0 Å². The van der Waals surface area contributed by atoms with E-state index in [1.807, 2.05) is 30.3 Å². The van der Waals surface area contributed by atoms with Crippen molar-refractivity contribution in [1.82, 2.24) is 10.6 Å². The van der Waals surface area contributed by atoms with Crippen molar-refractivity contribution in [3.63, 3.8) is 0 Å². The van der Waals surface area contributed by atoms with Crippen LogP contribution >= 0.6 is 23.4 Å². The Morgan fingerprint density at radius 1 is 1.06 bits per heavy atom. The molecule has 3 amide bonds. The number of halogens is 3. The van der Waals surface area contributed by atoms with Gasteiger partial charge < -0.3 is 5.32 Å². The number of thioether (sulfide) groups is 1. The molecule has 0 unspecified atom stereocenters. The number of rotatable bonds is 6. The SMILES string of the molecule is C[C@H](N[C@@H]1C(=O)Nc2ccccc2S[C@@H]1c1ccccc1Cl)C(=O)NC(=O)Cc1cc(F)cc(F)c1. The summed E-state index contributed by atoms with van der Waals surface area (Å²) in [4.78, 5) is 39.2. The predicted molar refractivity (Wildman–Crippen MR) is 135 cm³/mol. The molecule has 1 aliphatic rings. The van der Waals surface area contributed by atoms with Crippen molar-refractivity contribution in [1.29, 1.82) is 0 Å². The second-order valence-electron chi connectivity index (χ2n) is 8.28. The lowest BCUT2D eigenvalue weighted by Crippen LogP contribution is -2.53. The van der Waals surface area contributed by atoms with E-state index in [2.05, 4.69) is 16.0 Å². The first kappa shape index (κ1) is 25.8. The molecule has 3 atom stereocenters. The summed E-state index contributed by atoms with van der Waals surface area (Å²) < 4.78 is 26.8. The zero-order valence-electron chi connectivity index (χ0n) is 19.1. The lowest BCUT2D eigenvalue weighted by Gasteiger charge is -2.27. The number of amides is 3. The van der Waals surface area contributed by atoms with Gasteiger partial charge in [0.1, 0.15) is 17.7 Å². The molecule has 3 aromatic rings. The fraction of sp³-hybridized carbons (Fsp3) is 0.192. The van der Waals surface area contributed by atoms with Gasteiger partial charge in [-0.3, -0.25) is 25.0 Å². The minimum absolute atomic E-state index is 0.0921. The number of hydrogen-bond donors (Lipinski definition) is 3. The second kappa shape index (κ2) is 11.2. The number of fused-ring (bicyclic) bond motifs is 1. The number of hydrogen-bond acceptors (Lipinski definition) is 5. The van der Waals surface area contributed by atoms with Crippen molar-refractivity contribution in [2.45, 2.75) is 35.6 Å². The third kappa shape index (κ3) is 6.10. The van der Waals surface area contributed by atoms with Gasteiger partial charge in [-0.1, -0.05) is 41.9 Å². The van der Waals surface area contributed by atoms with Gasteiger partial charge in [-0.05, 0) is 48.4 Å². The van der Waals surface area contributed by atoms with Crippen molar-refractivity contribution in [2.75, 3.05) is 5.32 Å². The molecular formula is C26H22ClF2N3O3S. The Balaban J connectivity index is 1.51. The van der Waals surface area contributed by atoms with Gasteiger partial charge in [-0.15, -0.1) is 11.8 Å². The molecule has 186 valence electrons. The van der Waals surface area contributed by atoms with Crippen LogP contribution in [-0.4, -0.2) is 29.8 Å². The number of nitrogens with one attached hydrogen (secondary N) is 3. The fourth-order valence-electron chi connectivity index (χ4n) is 3.87. The lowest BCUT2D eigenvalue weighted by atomic mass is 10.0. The smallest absolute Gasteiger partial charge is 0.243 e. The Morgan fingerprint density at radius 2 is 1.72 bits per heavy atom. The molecule has 6 nitrogen and oxygen atoms in total. The molecular weight excluding hydrogens is 508 g/mol. The van der Waals surface area contributed by atoms with E-state index in [1.165, 1.54) is 18.7 Å². The molecule has 3 N–H and O–H groups in total. The number of anilines is 1. The van der Waals surface area contributed by atoms with Gasteiger partial charge in [0.25, 0.3) is 0 Å². The van der Waals surface area contributed by atoms with Gasteiger partial charge in [-0.25, -0.2) is 8.78 Å². The predicted octanol–water partition coefficient (Wildman–Crippen LogP) is 4.64. The molecule has 36 heavy (non-hydrogen) atoms. The van der Waals surface area contributed by atoms with E-state index in [1.54, 1.807) is 18.2 Å². The molecule has 0 aliphatic carbocycles. The zero-order chi connectivity index (χ0) is 25.8. The number of benzene rings is 3. The van der Waals surface area contributed by atoms with E-state index in [4.69, 9.17) is 11.6 Å². The Kier molecular flexibility index (Phi) is 8.03. The van der Waals surface area contributed by atoms with Crippen molar-refractivity contribution >= 4 is 46.8 Å². The molecule has 10 heteroatoms. The first-order chi connectivity index (χ1) is 17.2. The van der Waals surface area contributed by atoms with Crippen molar-refractivity contribution < 1.29 is 23.2 Å². The summed E-state index contributed by atoms with van der Waals surface area (Å²) in [5, 5.41) is 8.13. The Labute approximate surface area is 215 Å². The summed E-state index contributed by atoms with van der Waals surface area (Å²) in [6.45, 7) is 1.52. The molecule has 0 spiro atoms. The molecule has 3 aromatic carbocycles. The fourth-order valence-corrected chi connectivity index (χ4v) is 5.54. The molecule has 0 bridgehead atoms. The maximum Gasteiger partial charge on any atom is 0.243 e. The average Bonchev–Trinajstić information content (AvgIpc) is 2.94. The van der Waals surface area contributed by atoms with Crippen molar-refractivity contribution in [3.05, 3.63) is 94.5 Å². The molecule has 0 saturated carbocycles. The van der Waals surface area contributed by atoms with E-state index in [0.29, 0.717) is 22.3 Å². The summed E-state index contributed by atoms with van der Waals surface area (Å²) in [6.07, 6.45) is -0.384. The van der Waals surface area contributed by atoms with Crippen LogP contribution in [0.25, 0.3) is 0 Å². The molecule has 0 radical (unpaired) electrons. The normalized spacial score (nSPS) is 17.9. The van der Waals surface area contributed by atoms with Gasteiger partial charge in [0.15, 0.2) is 0 Å². The van der Waals surface area contributed by atoms with Crippen molar-refractivity contribution in [3.8, 4) is 0 Å². The monoisotopic (exact) mass is 529 g/mol. The third-order valence-electron chi connectivity index (χ3n) is 5.57.